The zero-order chi connectivity index (χ0) is 9.45. The average molecular weight is 168 g/mol. The van der Waals surface area contributed by atoms with Crippen LogP contribution in [0.25, 0.3) is 0 Å². The van der Waals surface area contributed by atoms with E-state index in [1.165, 1.54) is 0 Å². The standard InChI is InChI=1S/C6H6.C4H10O2/c1-2-4-6-5-3-1;1-4(2,6)3-5/h1-6H;5-6H,3H2,1-2H3. The monoisotopic (exact) mass is 168 g/mol. The number of rotatable bonds is 1. The van der Waals surface area contributed by atoms with E-state index in [-0.39, 0.29) is 6.61 Å². The molecule has 0 atom stereocenters. The SMILES string of the molecule is CC(C)(O)CO.c1ccccc1. The van der Waals surface area contributed by atoms with Gasteiger partial charge in [-0.15, -0.1) is 0 Å². The molecule has 1 aromatic rings. The summed E-state index contributed by atoms with van der Waals surface area (Å²) in [6.07, 6.45) is 0. The first kappa shape index (κ1) is 11.1. The van der Waals surface area contributed by atoms with E-state index in [0.29, 0.717) is 0 Å². The molecule has 0 saturated heterocycles. The predicted octanol–water partition coefficient (Wildman–Crippen LogP) is 1.44. The van der Waals surface area contributed by atoms with E-state index < -0.39 is 5.60 Å². The summed E-state index contributed by atoms with van der Waals surface area (Å²) in [7, 11) is 0. The maximum atomic E-state index is 8.58. The Kier molecular flexibility index (Phi) is 5.34. The Labute approximate surface area is 73.5 Å². The van der Waals surface area contributed by atoms with Gasteiger partial charge in [-0.3, -0.25) is 0 Å². The first-order valence-electron chi connectivity index (χ1n) is 3.89. The maximum Gasteiger partial charge on any atom is 0.0821 e. The van der Waals surface area contributed by atoms with Crippen LogP contribution in [0.1, 0.15) is 13.8 Å². The topological polar surface area (TPSA) is 40.5 Å². The van der Waals surface area contributed by atoms with E-state index in [4.69, 9.17) is 10.2 Å². The van der Waals surface area contributed by atoms with Gasteiger partial charge >= 0.3 is 0 Å². The highest BCUT2D eigenvalue weighted by Crippen LogP contribution is 1.95. The molecule has 0 aliphatic heterocycles. The summed E-state index contributed by atoms with van der Waals surface area (Å²) in [6.45, 7) is 2.92. The van der Waals surface area contributed by atoms with Gasteiger partial charge in [0.25, 0.3) is 0 Å². The Morgan fingerprint density at radius 1 is 0.917 bits per heavy atom. The maximum absolute atomic E-state index is 8.58. The third-order valence-electron chi connectivity index (χ3n) is 1.05. The lowest BCUT2D eigenvalue weighted by Crippen LogP contribution is -2.23. The first-order chi connectivity index (χ1) is 5.56. The highest BCUT2D eigenvalue weighted by atomic mass is 16.3. The van der Waals surface area contributed by atoms with Crippen LogP contribution in [-0.2, 0) is 0 Å². The summed E-state index contributed by atoms with van der Waals surface area (Å²) >= 11 is 0. The number of hydrogen-bond donors (Lipinski definition) is 2. The molecule has 0 amide bonds. The van der Waals surface area contributed by atoms with Crippen LogP contribution in [0.15, 0.2) is 36.4 Å². The second-order valence-electron chi connectivity index (χ2n) is 3.13. The molecule has 0 aliphatic rings. The highest BCUT2D eigenvalue weighted by molar-refractivity contribution is 4.99. The van der Waals surface area contributed by atoms with Crippen LogP contribution < -0.4 is 0 Å². The van der Waals surface area contributed by atoms with Crippen LogP contribution in [0, 0.1) is 0 Å². The van der Waals surface area contributed by atoms with E-state index in [2.05, 4.69) is 0 Å². The average Bonchev–Trinajstić information content (AvgIpc) is 2.07. The van der Waals surface area contributed by atoms with E-state index in [1.54, 1.807) is 13.8 Å². The van der Waals surface area contributed by atoms with Crippen molar-refractivity contribution in [2.24, 2.45) is 0 Å². The van der Waals surface area contributed by atoms with Crippen LogP contribution in [0.3, 0.4) is 0 Å². The molecule has 2 N–H and O–H groups in total. The molecule has 0 aromatic heterocycles. The molecule has 12 heavy (non-hydrogen) atoms. The molecular weight excluding hydrogens is 152 g/mol. The zero-order valence-corrected chi connectivity index (χ0v) is 7.57. The van der Waals surface area contributed by atoms with Crippen molar-refractivity contribution in [2.45, 2.75) is 19.4 Å². The summed E-state index contributed by atoms with van der Waals surface area (Å²) < 4.78 is 0. The summed E-state index contributed by atoms with van der Waals surface area (Å²) in [5, 5.41) is 16.7. The van der Waals surface area contributed by atoms with Gasteiger partial charge in [-0.05, 0) is 13.8 Å². The van der Waals surface area contributed by atoms with Gasteiger partial charge in [0.05, 0.1) is 12.2 Å². The van der Waals surface area contributed by atoms with Crippen molar-refractivity contribution in [1.82, 2.24) is 0 Å². The van der Waals surface area contributed by atoms with Gasteiger partial charge in [0.2, 0.25) is 0 Å². The van der Waals surface area contributed by atoms with Crippen LogP contribution >= 0.6 is 0 Å². The van der Waals surface area contributed by atoms with Gasteiger partial charge in [-0.25, -0.2) is 0 Å². The third-order valence-corrected chi connectivity index (χ3v) is 1.05. The molecule has 0 unspecified atom stereocenters. The Balaban J connectivity index is 0.000000202. The third kappa shape index (κ3) is 9.14. The minimum absolute atomic E-state index is 0.174. The van der Waals surface area contributed by atoms with Crippen molar-refractivity contribution in [1.29, 1.82) is 0 Å². The van der Waals surface area contributed by atoms with Crippen molar-refractivity contribution in [3.8, 4) is 0 Å². The van der Waals surface area contributed by atoms with Crippen molar-refractivity contribution < 1.29 is 10.2 Å². The Bertz CT molecular complexity index is 150. The molecule has 0 radical (unpaired) electrons. The Morgan fingerprint density at radius 3 is 1.17 bits per heavy atom. The lowest BCUT2D eigenvalue weighted by Gasteiger charge is -2.10. The molecule has 0 fully saturated rings. The minimum atomic E-state index is -0.903. The number of hydrogen-bond acceptors (Lipinski definition) is 2. The molecule has 0 bridgehead atoms. The van der Waals surface area contributed by atoms with Gasteiger partial charge in [-0.2, -0.15) is 0 Å². The number of aliphatic hydroxyl groups is 2. The largest absolute Gasteiger partial charge is 0.393 e. The molecule has 0 spiro atoms. The van der Waals surface area contributed by atoms with E-state index in [9.17, 15) is 0 Å². The van der Waals surface area contributed by atoms with Gasteiger partial charge in [0.15, 0.2) is 0 Å². The summed E-state index contributed by atoms with van der Waals surface area (Å²) in [4.78, 5) is 0. The molecule has 68 valence electrons. The molecule has 1 rings (SSSR count). The van der Waals surface area contributed by atoms with Crippen LogP contribution in [0.5, 0.6) is 0 Å². The van der Waals surface area contributed by atoms with E-state index in [1.807, 2.05) is 36.4 Å². The zero-order valence-electron chi connectivity index (χ0n) is 7.57. The van der Waals surface area contributed by atoms with Crippen molar-refractivity contribution in [3.63, 3.8) is 0 Å². The second kappa shape index (κ2) is 5.75. The molecular formula is C10H16O2. The Morgan fingerprint density at radius 2 is 1.08 bits per heavy atom. The lowest BCUT2D eigenvalue weighted by molar-refractivity contribution is 0.0183. The van der Waals surface area contributed by atoms with Crippen molar-refractivity contribution in [3.05, 3.63) is 36.4 Å². The van der Waals surface area contributed by atoms with Gasteiger partial charge in [0.1, 0.15) is 0 Å². The summed E-state index contributed by atoms with van der Waals surface area (Å²) in [5.41, 5.74) is -0.903. The first-order valence-corrected chi connectivity index (χ1v) is 3.89. The second-order valence-corrected chi connectivity index (χ2v) is 3.13. The minimum Gasteiger partial charge on any atom is -0.393 e. The highest BCUT2D eigenvalue weighted by Gasteiger charge is 2.07. The fourth-order valence-electron chi connectivity index (χ4n) is 0.385. The fourth-order valence-corrected chi connectivity index (χ4v) is 0.385. The van der Waals surface area contributed by atoms with E-state index in [0.717, 1.165) is 0 Å². The number of aliphatic hydroxyl groups excluding tert-OH is 1. The molecule has 0 saturated carbocycles. The molecule has 1 aromatic carbocycles. The Hall–Kier alpha value is -0.860. The summed E-state index contributed by atoms with van der Waals surface area (Å²) in [5.74, 6) is 0. The fraction of sp³-hybridized carbons (Fsp3) is 0.400. The molecule has 0 aliphatic carbocycles. The van der Waals surface area contributed by atoms with Crippen molar-refractivity contribution >= 4 is 0 Å². The van der Waals surface area contributed by atoms with Crippen molar-refractivity contribution in [2.75, 3.05) is 6.61 Å². The van der Waals surface area contributed by atoms with E-state index >= 15 is 0 Å². The number of benzene rings is 1. The van der Waals surface area contributed by atoms with Gasteiger partial charge in [0, 0.05) is 0 Å². The lowest BCUT2D eigenvalue weighted by atomic mass is 10.2. The smallest absolute Gasteiger partial charge is 0.0821 e. The molecule has 0 heterocycles. The van der Waals surface area contributed by atoms with Gasteiger partial charge in [-0.1, -0.05) is 36.4 Å². The van der Waals surface area contributed by atoms with Gasteiger partial charge < -0.3 is 10.2 Å². The molecule has 2 heteroatoms. The van der Waals surface area contributed by atoms with Crippen LogP contribution in [0.2, 0.25) is 0 Å². The summed E-state index contributed by atoms with van der Waals surface area (Å²) in [6, 6.07) is 12.0. The van der Waals surface area contributed by atoms with Crippen LogP contribution in [-0.4, -0.2) is 22.4 Å². The molecule has 2 nitrogen and oxygen atoms in total. The normalized spacial score (nSPS) is 10.0. The quantitative estimate of drug-likeness (QED) is 0.666. The van der Waals surface area contributed by atoms with Crippen LogP contribution in [0.4, 0.5) is 0 Å². The predicted molar refractivity (Wildman–Crippen MR) is 49.8 cm³/mol.